The highest BCUT2D eigenvalue weighted by molar-refractivity contribution is 9.10. The molecular weight excluding hydrogens is 506 g/mol. The van der Waals surface area contributed by atoms with Crippen molar-refractivity contribution in [3.05, 3.63) is 98.0 Å². The number of rotatable bonds is 9. The van der Waals surface area contributed by atoms with Gasteiger partial charge >= 0.3 is 5.97 Å². The highest BCUT2D eigenvalue weighted by atomic mass is 79.9. The number of nitrogens with zero attached hydrogens (tertiary/aromatic N) is 2. The molecule has 0 aromatic heterocycles. The molecule has 34 heavy (non-hydrogen) atoms. The van der Waals surface area contributed by atoms with E-state index in [2.05, 4.69) is 26.5 Å². The van der Waals surface area contributed by atoms with E-state index < -0.39 is 16.8 Å². The average molecular weight is 526 g/mol. The van der Waals surface area contributed by atoms with Gasteiger partial charge in [-0.1, -0.05) is 22.9 Å². The van der Waals surface area contributed by atoms with Crippen LogP contribution in [0.2, 0.25) is 0 Å². The predicted molar refractivity (Wildman–Crippen MR) is 129 cm³/mol. The third kappa shape index (κ3) is 6.72. The lowest BCUT2D eigenvalue weighted by Crippen LogP contribution is -2.17. The van der Waals surface area contributed by atoms with Crippen LogP contribution in [0.25, 0.3) is 0 Å². The number of nitrogens with one attached hydrogen (secondary N) is 1. The van der Waals surface area contributed by atoms with Crippen molar-refractivity contribution in [3.63, 3.8) is 0 Å². The van der Waals surface area contributed by atoms with Crippen molar-refractivity contribution in [1.29, 1.82) is 0 Å². The fraction of sp³-hybridized carbons (Fsp3) is 0.125. The monoisotopic (exact) mass is 525 g/mol. The molecule has 0 aliphatic rings. The van der Waals surface area contributed by atoms with Crippen LogP contribution in [-0.4, -0.2) is 29.6 Å². The highest BCUT2D eigenvalue weighted by Gasteiger charge is 2.13. The maximum absolute atomic E-state index is 12.6. The van der Waals surface area contributed by atoms with Gasteiger partial charge in [0.1, 0.15) is 11.5 Å². The van der Waals surface area contributed by atoms with E-state index in [0.29, 0.717) is 28.0 Å². The molecule has 0 radical (unpaired) electrons. The molecule has 0 atom stereocenters. The molecule has 174 valence electrons. The topological polar surface area (TPSA) is 120 Å². The molecule has 0 bridgehead atoms. The first kappa shape index (κ1) is 24.6. The number of hydrogen-bond acceptors (Lipinski definition) is 7. The molecule has 0 saturated heterocycles. The van der Waals surface area contributed by atoms with Gasteiger partial charge in [-0.3, -0.25) is 14.9 Å². The molecular formula is C24H20BrN3O6. The van der Waals surface area contributed by atoms with E-state index in [-0.39, 0.29) is 17.0 Å². The Balaban J connectivity index is 1.68. The first-order valence-electron chi connectivity index (χ1n) is 10.2. The molecule has 3 aromatic carbocycles. The van der Waals surface area contributed by atoms with Crippen molar-refractivity contribution in [2.24, 2.45) is 5.10 Å². The normalized spacial score (nSPS) is 10.6. The van der Waals surface area contributed by atoms with E-state index in [1.807, 2.05) is 6.92 Å². The molecule has 0 heterocycles. The summed E-state index contributed by atoms with van der Waals surface area (Å²) in [6, 6.07) is 16.7. The summed E-state index contributed by atoms with van der Waals surface area (Å²) in [7, 11) is 0. The Morgan fingerprint density at radius 2 is 1.74 bits per heavy atom. The summed E-state index contributed by atoms with van der Waals surface area (Å²) >= 11 is 3.35. The molecule has 0 spiro atoms. The standard InChI is InChI=1S/C24H20BrN3O6/c1-2-13-33-21-10-5-17(6-11-21)24(30)34-22-12-7-19(25)14-18(22)15-26-27-23(29)16-3-8-20(9-4-16)28(31)32/h3-12,14-15H,2,13H2,1H3,(H,27,29)/b26-15+. The Bertz CT molecular complexity index is 1210. The second kappa shape index (κ2) is 11.7. The molecule has 0 saturated carbocycles. The van der Waals surface area contributed by atoms with E-state index in [1.54, 1.807) is 42.5 Å². The SMILES string of the molecule is CCCOc1ccc(C(=O)Oc2ccc(Br)cc2/C=N/NC(=O)c2ccc([N+](=O)[O-])cc2)cc1. The lowest BCUT2D eigenvalue weighted by atomic mass is 10.2. The van der Waals surface area contributed by atoms with Crippen molar-refractivity contribution in [1.82, 2.24) is 5.43 Å². The fourth-order valence-corrected chi connectivity index (χ4v) is 3.12. The number of nitro groups is 1. The summed E-state index contributed by atoms with van der Waals surface area (Å²) in [6.45, 7) is 2.60. The molecule has 3 rings (SSSR count). The second-order valence-electron chi connectivity index (χ2n) is 6.95. The van der Waals surface area contributed by atoms with Gasteiger partial charge in [-0.15, -0.1) is 0 Å². The van der Waals surface area contributed by atoms with Gasteiger partial charge in [-0.05, 0) is 61.0 Å². The zero-order chi connectivity index (χ0) is 24.5. The lowest BCUT2D eigenvalue weighted by molar-refractivity contribution is -0.384. The van der Waals surface area contributed by atoms with Crippen LogP contribution in [-0.2, 0) is 0 Å². The number of non-ortho nitro benzene ring substituents is 1. The molecule has 3 aromatic rings. The number of esters is 1. The zero-order valence-corrected chi connectivity index (χ0v) is 19.7. The number of halogens is 1. The average Bonchev–Trinajstić information content (AvgIpc) is 2.84. The maximum atomic E-state index is 12.6. The van der Waals surface area contributed by atoms with Crippen molar-refractivity contribution < 1.29 is 24.0 Å². The number of amides is 1. The minimum absolute atomic E-state index is 0.122. The quantitative estimate of drug-likeness (QED) is 0.136. The lowest BCUT2D eigenvalue weighted by Gasteiger charge is -2.09. The highest BCUT2D eigenvalue weighted by Crippen LogP contribution is 2.23. The van der Waals surface area contributed by atoms with Gasteiger partial charge in [0, 0.05) is 27.7 Å². The molecule has 1 N–H and O–H groups in total. The third-order valence-electron chi connectivity index (χ3n) is 4.45. The van der Waals surface area contributed by atoms with Crippen molar-refractivity contribution in [2.45, 2.75) is 13.3 Å². The van der Waals surface area contributed by atoms with Gasteiger partial charge in [0.05, 0.1) is 23.3 Å². The molecule has 1 amide bonds. The molecule has 0 aliphatic heterocycles. The summed E-state index contributed by atoms with van der Waals surface area (Å²) in [4.78, 5) is 35.0. The number of benzene rings is 3. The van der Waals surface area contributed by atoms with E-state index in [1.165, 1.54) is 30.5 Å². The number of nitro benzene ring substituents is 1. The Morgan fingerprint density at radius 1 is 1.06 bits per heavy atom. The Kier molecular flexibility index (Phi) is 8.47. The van der Waals surface area contributed by atoms with Gasteiger partial charge in [0.25, 0.3) is 11.6 Å². The smallest absolute Gasteiger partial charge is 0.343 e. The van der Waals surface area contributed by atoms with Crippen LogP contribution in [0.5, 0.6) is 11.5 Å². The molecule has 9 nitrogen and oxygen atoms in total. The summed E-state index contributed by atoms with van der Waals surface area (Å²) < 4.78 is 11.7. The summed E-state index contributed by atoms with van der Waals surface area (Å²) in [5, 5.41) is 14.6. The second-order valence-corrected chi connectivity index (χ2v) is 7.86. The Hall–Kier alpha value is -4.05. The molecule has 0 unspecified atom stereocenters. The Morgan fingerprint density at radius 3 is 2.38 bits per heavy atom. The number of carbonyl (C=O) groups excluding carboxylic acids is 2. The third-order valence-corrected chi connectivity index (χ3v) is 4.94. The minimum atomic E-state index is -0.561. The van der Waals surface area contributed by atoms with Gasteiger partial charge in [0.2, 0.25) is 0 Å². The first-order valence-corrected chi connectivity index (χ1v) is 11.0. The van der Waals surface area contributed by atoms with E-state index in [0.717, 1.165) is 6.42 Å². The predicted octanol–water partition coefficient (Wildman–Crippen LogP) is 5.13. The van der Waals surface area contributed by atoms with Crippen LogP contribution < -0.4 is 14.9 Å². The van der Waals surface area contributed by atoms with Crippen LogP contribution in [0.1, 0.15) is 39.6 Å². The summed E-state index contributed by atoms with van der Waals surface area (Å²) in [5.74, 6) is -0.203. The summed E-state index contributed by atoms with van der Waals surface area (Å²) in [6.07, 6.45) is 2.21. The van der Waals surface area contributed by atoms with E-state index >= 15 is 0 Å². The van der Waals surface area contributed by atoms with Crippen molar-refractivity contribution in [2.75, 3.05) is 6.61 Å². The van der Waals surface area contributed by atoms with Crippen molar-refractivity contribution in [3.8, 4) is 11.5 Å². The largest absolute Gasteiger partial charge is 0.494 e. The van der Waals surface area contributed by atoms with Crippen LogP contribution in [0.15, 0.2) is 76.3 Å². The number of ether oxygens (including phenoxy) is 2. The van der Waals surface area contributed by atoms with Gasteiger partial charge in [0.15, 0.2) is 0 Å². The number of carbonyl (C=O) groups is 2. The summed E-state index contributed by atoms with van der Waals surface area (Å²) in [5.41, 5.74) is 3.21. The minimum Gasteiger partial charge on any atom is -0.494 e. The van der Waals surface area contributed by atoms with Gasteiger partial charge < -0.3 is 9.47 Å². The zero-order valence-electron chi connectivity index (χ0n) is 18.1. The van der Waals surface area contributed by atoms with Crippen LogP contribution in [0.4, 0.5) is 5.69 Å². The van der Waals surface area contributed by atoms with E-state index in [4.69, 9.17) is 9.47 Å². The number of hydrazone groups is 1. The van der Waals surface area contributed by atoms with Crippen LogP contribution in [0, 0.1) is 10.1 Å². The molecule has 0 aliphatic carbocycles. The molecule has 0 fully saturated rings. The van der Waals surface area contributed by atoms with Gasteiger partial charge in [-0.25, -0.2) is 10.2 Å². The fourth-order valence-electron chi connectivity index (χ4n) is 2.74. The van der Waals surface area contributed by atoms with E-state index in [9.17, 15) is 19.7 Å². The van der Waals surface area contributed by atoms with Gasteiger partial charge in [-0.2, -0.15) is 5.10 Å². The van der Waals surface area contributed by atoms with Crippen molar-refractivity contribution >= 4 is 39.7 Å². The van der Waals surface area contributed by atoms with Crippen LogP contribution in [0.3, 0.4) is 0 Å². The maximum Gasteiger partial charge on any atom is 0.343 e. The first-order chi connectivity index (χ1) is 16.4. The van der Waals surface area contributed by atoms with Crippen LogP contribution >= 0.6 is 15.9 Å². The number of hydrogen-bond donors (Lipinski definition) is 1. The Labute approximate surface area is 203 Å². The molecule has 10 heteroatoms.